The standard InChI is InChI=1S/C29H32N4O2/c1-4-28(34)32-15-13-31(14-16-32)20-26-29(23-9-6-10-25(18-23)35-3)30-27-12-11-24(19-33(26)27)22-8-5-7-21(2)17-22/h5-12,17-19H,4,13-16,20H2,1-3H3. The van der Waals surface area contributed by atoms with Gasteiger partial charge in [0.25, 0.3) is 0 Å². The molecule has 0 unspecified atom stereocenters. The number of benzene rings is 2. The molecule has 0 spiro atoms. The van der Waals surface area contributed by atoms with Gasteiger partial charge in [-0.25, -0.2) is 4.98 Å². The molecule has 3 heterocycles. The fraction of sp³-hybridized carbons (Fsp3) is 0.310. The molecule has 0 atom stereocenters. The lowest BCUT2D eigenvalue weighted by Gasteiger charge is -2.34. The summed E-state index contributed by atoms with van der Waals surface area (Å²) in [6.45, 7) is 8.06. The molecular weight excluding hydrogens is 436 g/mol. The maximum absolute atomic E-state index is 12.1. The summed E-state index contributed by atoms with van der Waals surface area (Å²) in [5, 5.41) is 0. The zero-order valence-electron chi connectivity index (χ0n) is 20.7. The highest BCUT2D eigenvalue weighted by Crippen LogP contribution is 2.30. The molecular formula is C29H32N4O2. The molecule has 1 amide bonds. The largest absolute Gasteiger partial charge is 0.497 e. The number of aromatic nitrogens is 2. The molecule has 1 aliphatic heterocycles. The van der Waals surface area contributed by atoms with Crippen LogP contribution >= 0.6 is 0 Å². The van der Waals surface area contributed by atoms with Crippen LogP contribution in [0.15, 0.2) is 66.9 Å². The van der Waals surface area contributed by atoms with Crippen molar-refractivity contribution in [3.05, 3.63) is 78.1 Å². The van der Waals surface area contributed by atoms with Crippen LogP contribution < -0.4 is 4.74 Å². The number of carbonyl (C=O) groups excluding carboxylic acids is 1. The zero-order chi connectivity index (χ0) is 24.4. The monoisotopic (exact) mass is 468 g/mol. The minimum absolute atomic E-state index is 0.235. The van der Waals surface area contributed by atoms with Crippen molar-refractivity contribution in [2.75, 3.05) is 33.3 Å². The summed E-state index contributed by atoms with van der Waals surface area (Å²) in [5.74, 6) is 1.05. The van der Waals surface area contributed by atoms with Gasteiger partial charge >= 0.3 is 0 Å². The first-order valence-corrected chi connectivity index (χ1v) is 12.3. The van der Waals surface area contributed by atoms with E-state index in [0.717, 1.165) is 66.6 Å². The van der Waals surface area contributed by atoms with Crippen molar-refractivity contribution in [1.82, 2.24) is 19.2 Å². The molecule has 6 heteroatoms. The van der Waals surface area contributed by atoms with Crippen molar-refractivity contribution in [3.8, 4) is 28.1 Å². The molecule has 1 saturated heterocycles. The zero-order valence-corrected chi connectivity index (χ0v) is 20.7. The van der Waals surface area contributed by atoms with Gasteiger partial charge in [0.15, 0.2) is 0 Å². The Morgan fingerprint density at radius 2 is 1.71 bits per heavy atom. The lowest BCUT2D eigenvalue weighted by molar-refractivity contribution is -0.132. The number of nitrogens with zero attached hydrogens (tertiary/aromatic N) is 4. The van der Waals surface area contributed by atoms with Crippen LogP contribution in [0.25, 0.3) is 28.0 Å². The molecule has 0 saturated carbocycles. The van der Waals surface area contributed by atoms with Gasteiger partial charge in [-0.15, -0.1) is 0 Å². The molecule has 35 heavy (non-hydrogen) atoms. The number of ether oxygens (including phenoxy) is 1. The molecule has 180 valence electrons. The maximum Gasteiger partial charge on any atom is 0.222 e. The Hall–Kier alpha value is -3.64. The molecule has 1 aliphatic rings. The summed E-state index contributed by atoms with van der Waals surface area (Å²) in [7, 11) is 1.69. The second-order valence-electron chi connectivity index (χ2n) is 9.17. The first-order valence-electron chi connectivity index (χ1n) is 12.3. The van der Waals surface area contributed by atoms with Gasteiger partial charge in [-0.1, -0.05) is 48.9 Å². The summed E-state index contributed by atoms with van der Waals surface area (Å²) in [6, 6.07) is 20.9. The van der Waals surface area contributed by atoms with Gasteiger partial charge in [-0.3, -0.25) is 9.69 Å². The number of rotatable bonds is 6. The number of aryl methyl sites for hydroxylation is 1. The first kappa shape index (κ1) is 23.1. The van der Waals surface area contributed by atoms with E-state index >= 15 is 0 Å². The van der Waals surface area contributed by atoms with E-state index in [9.17, 15) is 4.79 Å². The third kappa shape index (κ3) is 4.80. The summed E-state index contributed by atoms with van der Waals surface area (Å²) < 4.78 is 7.72. The van der Waals surface area contributed by atoms with Gasteiger partial charge in [-0.2, -0.15) is 0 Å². The molecule has 0 bridgehead atoms. The van der Waals surface area contributed by atoms with E-state index < -0.39 is 0 Å². The minimum atomic E-state index is 0.235. The molecule has 4 aromatic rings. The van der Waals surface area contributed by atoms with Crippen LogP contribution in [0, 0.1) is 6.92 Å². The third-order valence-corrected chi connectivity index (χ3v) is 6.81. The predicted octanol–water partition coefficient (Wildman–Crippen LogP) is 5.04. The van der Waals surface area contributed by atoms with Crippen LogP contribution in [-0.2, 0) is 11.3 Å². The van der Waals surface area contributed by atoms with E-state index in [1.807, 2.05) is 30.0 Å². The number of imidazole rings is 1. The van der Waals surface area contributed by atoms with Crippen molar-refractivity contribution in [1.29, 1.82) is 0 Å². The number of hydrogen-bond donors (Lipinski definition) is 0. The number of hydrogen-bond acceptors (Lipinski definition) is 4. The minimum Gasteiger partial charge on any atom is -0.497 e. The highest BCUT2D eigenvalue weighted by molar-refractivity contribution is 5.76. The highest BCUT2D eigenvalue weighted by atomic mass is 16.5. The van der Waals surface area contributed by atoms with Gasteiger partial charge in [0.2, 0.25) is 5.91 Å². The number of methoxy groups -OCH3 is 1. The van der Waals surface area contributed by atoms with Crippen LogP contribution in [0.5, 0.6) is 5.75 Å². The average Bonchev–Trinajstić information content (AvgIpc) is 3.26. The van der Waals surface area contributed by atoms with E-state index in [1.54, 1.807) is 7.11 Å². The fourth-order valence-electron chi connectivity index (χ4n) is 4.83. The molecule has 0 aliphatic carbocycles. The fourth-order valence-corrected chi connectivity index (χ4v) is 4.83. The second-order valence-corrected chi connectivity index (χ2v) is 9.17. The van der Waals surface area contributed by atoms with E-state index in [0.29, 0.717) is 6.42 Å². The van der Waals surface area contributed by atoms with E-state index in [1.165, 1.54) is 11.1 Å². The lowest BCUT2D eigenvalue weighted by atomic mass is 10.1. The summed E-state index contributed by atoms with van der Waals surface area (Å²) in [6.07, 6.45) is 2.77. The number of fused-ring (bicyclic) bond motifs is 1. The Morgan fingerprint density at radius 1 is 0.943 bits per heavy atom. The number of carbonyl (C=O) groups is 1. The van der Waals surface area contributed by atoms with Crippen molar-refractivity contribution in [2.24, 2.45) is 0 Å². The highest BCUT2D eigenvalue weighted by Gasteiger charge is 2.23. The summed E-state index contributed by atoms with van der Waals surface area (Å²) >= 11 is 0. The SMILES string of the molecule is CCC(=O)N1CCN(Cc2c(-c3cccc(OC)c3)nc3ccc(-c4cccc(C)c4)cn23)CC1. The van der Waals surface area contributed by atoms with E-state index in [2.05, 4.69) is 64.9 Å². The van der Waals surface area contributed by atoms with Gasteiger partial charge in [0, 0.05) is 50.9 Å². The molecule has 1 fully saturated rings. The van der Waals surface area contributed by atoms with E-state index in [-0.39, 0.29) is 5.91 Å². The number of pyridine rings is 1. The van der Waals surface area contributed by atoms with Gasteiger partial charge in [-0.05, 0) is 42.3 Å². The topological polar surface area (TPSA) is 50.1 Å². The van der Waals surface area contributed by atoms with Crippen LogP contribution in [0.2, 0.25) is 0 Å². The predicted molar refractivity (Wildman–Crippen MR) is 140 cm³/mol. The van der Waals surface area contributed by atoms with Crippen molar-refractivity contribution >= 4 is 11.6 Å². The average molecular weight is 469 g/mol. The third-order valence-electron chi connectivity index (χ3n) is 6.81. The van der Waals surface area contributed by atoms with Crippen LogP contribution in [0.3, 0.4) is 0 Å². The van der Waals surface area contributed by atoms with Crippen molar-refractivity contribution < 1.29 is 9.53 Å². The number of amides is 1. The van der Waals surface area contributed by atoms with Gasteiger partial charge in [0.05, 0.1) is 18.5 Å². The van der Waals surface area contributed by atoms with Crippen molar-refractivity contribution in [2.45, 2.75) is 26.8 Å². The van der Waals surface area contributed by atoms with Gasteiger partial charge in [0.1, 0.15) is 11.4 Å². The van der Waals surface area contributed by atoms with Crippen LogP contribution in [0.1, 0.15) is 24.6 Å². The maximum atomic E-state index is 12.1. The smallest absolute Gasteiger partial charge is 0.222 e. The number of piperazine rings is 1. The Labute approximate surface area is 206 Å². The molecule has 6 nitrogen and oxygen atoms in total. The Kier molecular flexibility index (Phi) is 6.55. The lowest BCUT2D eigenvalue weighted by Crippen LogP contribution is -2.48. The molecule has 0 radical (unpaired) electrons. The first-order chi connectivity index (χ1) is 17.1. The Bertz CT molecular complexity index is 1350. The van der Waals surface area contributed by atoms with Gasteiger partial charge < -0.3 is 14.0 Å². The van der Waals surface area contributed by atoms with Crippen LogP contribution in [0.4, 0.5) is 0 Å². The van der Waals surface area contributed by atoms with Crippen molar-refractivity contribution in [3.63, 3.8) is 0 Å². The molecule has 5 rings (SSSR count). The quantitative estimate of drug-likeness (QED) is 0.398. The second kappa shape index (κ2) is 9.92. The molecule has 2 aromatic carbocycles. The van der Waals surface area contributed by atoms with Crippen LogP contribution in [-0.4, -0.2) is 58.4 Å². The Balaban J connectivity index is 1.55. The normalized spacial score (nSPS) is 14.4. The molecule has 0 N–H and O–H groups in total. The van der Waals surface area contributed by atoms with E-state index in [4.69, 9.17) is 9.72 Å². The summed E-state index contributed by atoms with van der Waals surface area (Å²) in [5.41, 5.74) is 7.69. The molecule has 2 aromatic heterocycles. The summed E-state index contributed by atoms with van der Waals surface area (Å²) in [4.78, 5) is 21.6. The Morgan fingerprint density at radius 3 is 2.46 bits per heavy atom.